The van der Waals surface area contributed by atoms with Crippen molar-refractivity contribution < 1.29 is 13.2 Å². The zero-order valence-electron chi connectivity index (χ0n) is 12.2. The monoisotopic (exact) mass is 299 g/mol. The van der Waals surface area contributed by atoms with E-state index >= 15 is 0 Å². The number of amides is 1. The molecule has 0 aliphatic heterocycles. The van der Waals surface area contributed by atoms with Crippen LogP contribution in [0.3, 0.4) is 0 Å². The number of rotatable bonds is 6. The highest BCUT2D eigenvalue weighted by Crippen LogP contribution is 2.11. The molecule has 0 heterocycles. The molecule has 0 saturated heterocycles. The molecule has 0 aliphatic carbocycles. The lowest BCUT2D eigenvalue weighted by Gasteiger charge is -2.13. The largest absolute Gasteiger partial charge is 0.345 e. The first-order chi connectivity index (χ1) is 9.27. The highest BCUT2D eigenvalue weighted by atomic mass is 32.2. The average molecular weight is 299 g/mol. The van der Waals surface area contributed by atoms with Gasteiger partial charge in [-0.25, -0.2) is 13.1 Å². The molecule has 0 saturated carbocycles. The molecule has 1 aromatic rings. The summed E-state index contributed by atoms with van der Waals surface area (Å²) >= 11 is 0. The number of carbonyl (C=O) groups excluding carboxylic acids is 1. The molecule has 6 nitrogen and oxygen atoms in total. The molecular formula is C13H21N3O3S. The van der Waals surface area contributed by atoms with Gasteiger partial charge in [0.2, 0.25) is 10.0 Å². The molecule has 1 rings (SSSR count). The van der Waals surface area contributed by atoms with Crippen LogP contribution in [0.5, 0.6) is 0 Å². The van der Waals surface area contributed by atoms with Gasteiger partial charge < -0.3 is 10.2 Å². The van der Waals surface area contributed by atoms with Crippen LogP contribution in [-0.2, 0) is 10.0 Å². The van der Waals surface area contributed by atoms with Crippen LogP contribution in [0.4, 0.5) is 0 Å². The van der Waals surface area contributed by atoms with E-state index in [1.54, 1.807) is 21.1 Å². The first-order valence-electron chi connectivity index (χ1n) is 6.26. The molecular weight excluding hydrogens is 278 g/mol. The van der Waals surface area contributed by atoms with Gasteiger partial charge in [0.1, 0.15) is 0 Å². The van der Waals surface area contributed by atoms with Crippen LogP contribution < -0.4 is 10.0 Å². The average Bonchev–Trinajstić information content (AvgIpc) is 2.44. The maximum absolute atomic E-state index is 12.0. The Labute approximate surface area is 120 Å². The molecule has 0 spiro atoms. The molecule has 1 amide bonds. The van der Waals surface area contributed by atoms with E-state index in [0.29, 0.717) is 12.1 Å². The number of likely N-dealkylation sites (N-methyl/N-ethyl adjacent to an activating group) is 1. The molecule has 1 aromatic carbocycles. The first kappa shape index (κ1) is 16.6. The number of nitrogens with zero attached hydrogens (tertiary/aromatic N) is 1. The Morgan fingerprint density at radius 2 is 1.80 bits per heavy atom. The lowest BCUT2D eigenvalue weighted by molar-refractivity contribution is 0.0827. The topological polar surface area (TPSA) is 78.5 Å². The Balaban J connectivity index is 2.84. The summed E-state index contributed by atoms with van der Waals surface area (Å²) in [7, 11) is 1.51. The number of carbonyl (C=O) groups is 1. The molecule has 0 fully saturated rings. The van der Waals surface area contributed by atoms with Crippen LogP contribution in [0, 0.1) is 0 Å². The Bertz CT molecular complexity index is 553. The Hall–Kier alpha value is -1.44. The summed E-state index contributed by atoms with van der Waals surface area (Å²) in [6.45, 7) is 2.18. The van der Waals surface area contributed by atoms with Crippen LogP contribution in [0.15, 0.2) is 29.2 Å². The van der Waals surface area contributed by atoms with Crippen LogP contribution >= 0.6 is 0 Å². The van der Waals surface area contributed by atoms with E-state index in [-0.39, 0.29) is 16.8 Å². The summed E-state index contributed by atoms with van der Waals surface area (Å²) in [6.07, 6.45) is 0. The van der Waals surface area contributed by atoms with Crippen molar-refractivity contribution in [3.8, 4) is 0 Å². The molecule has 0 bridgehead atoms. The maximum Gasteiger partial charge on any atom is 0.253 e. The van der Waals surface area contributed by atoms with Crippen LogP contribution in [0.25, 0.3) is 0 Å². The molecule has 0 aliphatic rings. The van der Waals surface area contributed by atoms with Crippen LogP contribution in [0.2, 0.25) is 0 Å². The van der Waals surface area contributed by atoms with E-state index in [4.69, 9.17) is 0 Å². The van der Waals surface area contributed by atoms with Crippen molar-refractivity contribution in [2.75, 3.05) is 27.7 Å². The van der Waals surface area contributed by atoms with Crippen molar-refractivity contribution in [3.63, 3.8) is 0 Å². The minimum absolute atomic E-state index is 0.0411. The molecule has 0 radical (unpaired) electrons. The molecule has 1 atom stereocenters. The van der Waals surface area contributed by atoms with Crippen molar-refractivity contribution in [1.82, 2.24) is 14.9 Å². The second-order valence-corrected chi connectivity index (χ2v) is 6.53. The second kappa shape index (κ2) is 6.83. The number of benzene rings is 1. The summed E-state index contributed by atoms with van der Waals surface area (Å²) in [4.78, 5) is 13.3. The molecule has 20 heavy (non-hydrogen) atoms. The predicted molar refractivity (Wildman–Crippen MR) is 78.2 cm³/mol. The van der Waals surface area contributed by atoms with Gasteiger partial charge in [-0.1, -0.05) is 0 Å². The lowest BCUT2D eigenvalue weighted by Crippen LogP contribution is -2.37. The number of sulfonamides is 1. The van der Waals surface area contributed by atoms with E-state index in [1.165, 1.54) is 29.2 Å². The van der Waals surface area contributed by atoms with E-state index in [9.17, 15) is 13.2 Å². The minimum Gasteiger partial charge on any atom is -0.345 e. The molecule has 1 unspecified atom stereocenters. The minimum atomic E-state index is -3.54. The number of hydrogen-bond acceptors (Lipinski definition) is 4. The predicted octanol–water partition coefficient (Wildman–Crippen LogP) is 0.275. The summed E-state index contributed by atoms with van der Waals surface area (Å²) in [5, 5.41) is 2.95. The van der Waals surface area contributed by atoms with Gasteiger partial charge in [0.15, 0.2) is 0 Å². The summed E-state index contributed by atoms with van der Waals surface area (Å²) < 4.78 is 26.6. The molecule has 2 N–H and O–H groups in total. The molecule has 7 heteroatoms. The SMILES string of the molecule is CNC(C)CNS(=O)(=O)c1ccc(C(=O)N(C)C)cc1. The normalized spacial score (nSPS) is 13.0. The second-order valence-electron chi connectivity index (χ2n) is 4.77. The fourth-order valence-corrected chi connectivity index (χ4v) is 2.59. The third-order valence-electron chi connectivity index (χ3n) is 2.89. The van der Waals surface area contributed by atoms with Crippen molar-refractivity contribution >= 4 is 15.9 Å². The Morgan fingerprint density at radius 3 is 2.25 bits per heavy atom. The summed E-state index contributed by atoms with van der Waals surface area (Å²) in [5.41, 5.74) is 0.456. The Kier molecular flexibility index (Phi) is 5.67. The maximum atomic E-state index is 12.0. The highest BCUT2D eigenvalue weighted by molar-refractivity contribution is 7.89. The van der Waals surface area contributed by atoms with Gasteiger partial charge in [0.05, 0.1) is 4.90 Å². The standard InChI is InChI=1S/C13H21N3O3S/c1-10(14-2)9-15-20(18,19)12-7-5-11(6-8-12)13(17)16(3)4/h5-8,10,14-15H,9H2,1-4H3. The molecule has 0 aromatic heterocycles. The van der Waals surface area contributed by atoms with E-state index < -0.39 is 10.0 Å². The summed E-state index contributed by atoms with van der Waals surface area (Å²) in [6, 6.07) is 5.93. The fourth-order valence-electron chi connectivity index (χ4n) is 1.45. The van der Waals surface area contributed by atoms with Gasteiger partial charge in [0, 0.05) is 32.2 Å². The van der Waals surface area contributed by atoms with Gasteiger partial charge in [-0.05, 0) is 38.2 Å². The quantitative estimate of drug-likeness (QED) is 0.790. The molecule has 112 valence electrons. The highest BCUT2D eigenvalue weighted by Gasteiger charge is 2.16. The van der Waals surface area contributed by atoms with Gasteiger partial charge in [0.25, 0.3) is 5.91 Å². The van der Waals surface area contributed by atoms with Crippen molar-refractivity contribution in [3.05, 3.63) is 29.8 Å². The van der Waals surface area contributed by atoms with Crippen molar-refractivity contribution in [2.24, 2.45) is 0 Å². The van der Waals surface area contributed by atoms with Gasteiger partial charge in [-0.3, -0.25) is 4.79 Å². The summed E-state index contributed by atoms with van der Waals surface area (Å²) in [5.74, 6) is -0.161. The smallest absolute Gasteiger partial charge is 0.253 e. The van der Waals surface area contributed by atoms with Crippen LogP contribution in [0.1, 0.15) is 17.3 Å². The first-order valence-corrected chi connectivity index (χ1v) is 7.75. The van der Waals surface area contributed by atoms with Crippen molar-refractivity contribution in [2.45, 2.75) is 17.9 Å². The third-order valence-corrected chi connectivity index (χ3v) is 4.33. The Morgan fingerprint density at radius 1 is 1.25 bits per heavy atom. The number of nitrogens with one attached hydrogen (secondary N) is 2. The van der Waals surface area contributed by atoms with E-state index in [0.717, 1.165) is 0 Å². The fraction of sp³-hybridized carbons (Fsp3) is 0.462. The van der Waals surface area contributed by atoms with Crippen LogP contribution in [-0.4, -0.2) is 53.0 Å². The van der Waals surface area contributed by atoms with E-state index in [2.05, 4.69) is 10.0 Å². The number of hydrogen-bond donors (Lipinski definition) is 2. The van der Waals surface area contributed by atoms with Gasteiger partial charge in [-0.2, -0.15) is 0 Å². The van der Waals surface area contributed by atoms with Gasteiger partial charge in [-0.15, -0.1) is 0 Å². The third kappa shape index (κ3) is 4.29. The zero-order valence-corrected chi connectivity index (χ0v) is 13.0. The van der Waals surface area contributed by atoms with E-state index in [1.807, 2.05) is 6.92 Å². The zero-order chi connectivity index (χ0) is 15.3. The lowest BCUT2D eigenvalue weighted by atomic mass is 10.2. The van der Waals surface area contributed by atoms with Crippen molar-refractivity contribution in [1.29, 1.82) is 0 Å². The van der Waals surface area contributed by atoms with Gasteiger partial charge >= 0.3 is 0 Å².